The maximum atomic E-state index is 13.1. The molecule has 2 amide bonds. The van der Waals surface area contributed by atoms with Gasteiger partial charge in [0.15, 0.2) is 0 Å². The largest absolute Gasteiger partial charge is 0.496 e. The maximum Gasteiger partial charge on any atom is 0.253 e. The SMILES string of the molecule is COc1cccc(C(=O)NC2CC3N(c4ccc(C(=O)NC5CCNC5)cn4)C4CCC43C2)c1C. The Morgan fingerprint density at radius 1 is 1.11 bits per heavy atom. The molecule has 5 unspecified atom stereocenters. The van der Waals surface area contributed by atoms with E-state index < -0.39 is 0 Å². The summed E-state index contributed by atoms with van der Waals surface area (Å²) in [4.78, 5) is 32.7. The van der Waals surface area contributed by atoms with Crippen LogP contribution in [0.1, 0.15) is 58.4 Å². The minimum Gasteiger partial charge on any atom is -0.496 e. The molecule has 35 heavy (non-hydrogen) atoms. The van der Waals surface area contributed by atoms with Crippen LogP contribution >= 0.6 is 0 Å². The van der Waals surface area contributed by atoms with E-state index in [2.05, 4.69) is 25.8 Å². The normalized spacial score (nSPS) is 30.5. The number of hydrogen-bond acceptors (Lipinski definition) is 6. The molecule has 0 bridgehead atoms. The third-order valence-corrected chi connectivity index (χ3v) is 8.77. The lowest BCUT2D eigenvalue weighted by molar-refractivity contribution is -0.0172. The van der Waals surface area contributed by atoms with E-state index in [0.717, 1.165) is 55.9 Å². The van der Waals surface area contributed by atoms with Crippen molar-refractivity contribution in [3.05, 3.63) is 53.2 Å². The number of carbonyl (C=O) groups excluding carboxylic acids is 2. The fourth-order valence-corrected chi connectivity index (χ4v) is 6.89. The van der Waals surface area contributed by atoms with Gasteiger partial charge in [0.2, 0.25) is 0 Å². The third kappa shape index (κ3) is 3.57. The molecule has 2 saturated heterocycles. The Morgan fingerprint density at radius 2 is 1.97 bits per heavy atom. The van der Waals surface area contributed by atoms with Crippen LogP contribution in [0.15, 0.2) is 36.5 Å². The second kappa shape index (κ2) is 8.52. The number of piperidine rings is 1. The lowest BCUT2D eigenvalue weighted by Gasteiger charge is -2.68. The quantitative estimate of drug-likeness (QED) is 0.594. The monoisotopic (exact) mass is 475 g/mol. The van der Waals surface area contributed by atoms with Crippen LogP contribution in [-0.4, -0.2) is 61.2 Å². The molecule has 1 aromatic carbocycles. The van der Waals surface area contributed by atoms with Crippen LogP contribution in [0.2, 0.25) is 0 Å². The molecule has 2 aromatic rings. The minimum absolute atomic E-state index is 0.0301. The van der Waals surface area contributed by atoms with E-state index >= 15 is 0 Å². The van der Waals surface area contributed by atoms with Crippen LogP contribution in [0.25, 0.3) is 0 Å². The zero-order valence-corrected chi connectivity index (χ0v) is 20.3. The van der Waals surface area contributed by atoms with Crippen molar-refractivity contribution in [2.45, 2.75) is 63.2 Å². The highest BCUT2D eigenvalue weighted by molar-refractivity contribution is 5.96. The van der Waals surface area contributed by atoms with Gasteiger partial charge in [-0.3, -0.25) is 9.59 Å². The summed E-state index contributed by atoms with van der Waals surface area (Å²) < 4.78 is 5.39. The Labute approximate surface area is 205 Å². The first kappa shape index (κ1) is 22.3. The van der Waals surface area contributed by atoms with Gasteiger partial charge in [-0.1, -0.05) is 6.07 Å². The average molecular weight is 476 g/mol. The summed E-state index contributed by atoms with van der Waals surface area (Å²) in [5.41, 5.74) is 2.43. The van der Waals surface area contributed by atoms with Crippen molar-refractivity contribution in [3.8, 4) is 5.75 Å². The van der Waals surface area contributed by atoms with Gasteiger partial charge in [-0.15, -0.1) is 0 Å². The molecule has 2 saturated carbocycles. The van der Waals surface area contributed by atoms with Gasteiger partial charge >= 0.3 is 0 Å². The first-order valence-electron chi connectivity index (χ1n) is 12.7. The molecule has 0 radical (unpaired) electrons. The number of rotatable bonds is 6. The third-order valence-electron chi connectivity index (χ3n) is 8.77. The molecule has 2 aliphatic heterocycles. The summed E-state index contributed by atoms with van der Waals surface area (Å²) in [6.07, 6.45) is 6.97. The van der Waals surface area contributed by atoms with Crippen molar-refractivity contribution in [2.75, 3.05) is 25.1 Å². The first-order valence-corrected chi connectivity index (χ1v) is 12.7. The van der Waals surface area contributed by atoms with E-state index in [9.17, 15) is 9.59 Å². The van der Waals surface area contributed by atoms with E-state index in [4.69, 9.17) is 4.74 Å². The van der Waals surface area contributed by atoms with Gasteiger partial charge in [0.1, 0.15) is 11.6 Å². The van der Waals surface area contributed by atoms with Crippen molar-refractivity contribution < 1.29 is 14.3 Å². The van der Waals surface area contributed by atoms with E-state index in [1.165, 1.54) is 6.42 Å². The smallest absolute Gasteiger partial charge is 0.253 e. The second-order valence-corrected chi connectivity index (χ2v) is 10.5. The molecule has 8 heteroatoms. The molecule has 3 heterocycles. The molecule has 2 aliphatic carbocycles. The lowest BCUT2D eigenvalue weighted by Crippen LogP contribution is -2.75. The number of benzene rings is 1. The Bertz CT molecular complexity index is 1150. The molecule has 4 aliphatic rings. The molecule has 5 atom stereocenters. The molecular formula is C27H33N5O3. The fraction of sp³-hybridized carbons (Fsp3) is 0.519. The highest BCUT2D eigenvalue weighted by Gasteiger charge is 2.69. The van der Waals surface area contributed by atoms with Gasteiger partial charge in [0.05, 0.1) is 12.7 Å². The summed E-state index contributed by atoms with van der Waals surface area (Å²) in [6.45, 7) is 3.70. The number of hydrogen-bond donors (Lipinski definition) is 3. The van der Waals surface area contributed by atoms with E-state index in [0.29, 0.717) is 23.2 Å². The van der Waals surface area contributed by atoms with Gasteiger partial charge in [-0.2, -0.15) is 0 Å². The predicted octanol–water partition coefficient (Wildman–Crippen LogP) is 2.42. The highest BCUT2D eigenvalue weighted by atomic mass is 16.5. The zero-order chi connectivity index (χ0) is 24.2. The molecule has 1 spiro atoms. The topological polar surface area (TPSA) is 95.6 Å². The van der Waals surface area contributed by atoms with Crippen LogP contribution < -0.4 is 25.6 Å². The van der Waals surface area contributed by atoms with Crippen LogP contribution in [0.3, 0.4) is 0 Å². The minimum atomic E-state index is -0.0594. The number of amides is 2. The molecule has 1 aromatic heterocycles. The predicted molar refractivity (Wildman–Crippen MR) is 133 cm³/mol. The second-order valence-electron chi connectivity index (χ2n) is 10.5. The fourth-order valence-electron chi connectivity index (χ4n) is 6.89. The molecule has 8 nitrogen and oxygen atoms in total. The van der Waals surface area contributed by atoms with E-state index in [-0.39, 0.29) is 29.3 Å². The van der Waals surface area contributed by atoms with Crippen molar-refractivity contribution in [1.29, 1.82) is 0 Å². The average Bonchev–Trinajstić information content (AvgIpc) is 3.49. The van der Waals surface area contributed by atoms with Gasteiger partial charge < -0.3 is 25.6 Å². The van der Waals surface area contributed by atoms with Gasteiger partial charge in [-0.05, 0) is 69.8 Å². The number of ether oxygens (including phenoxy) is 1. The molecule has 4 fully saturated rings. The summed E-state index contributed by atoms with van der Waals surface area (Å²) in [6, 6.07) is 10.7. The van der Waals surface area contributed by atoms with Crippen molar-refractivity contribution in [2.24, 2.45) is 5.41 Å². The van der Waals surface area contributed by atoms with Gasteiger partial charge in [0.25, 0.3) is 11.8 Å². The van der Waals surface area contributed by atoms with Crippen LogP contribution in [-0.2, 0) is 0 Å². The summed E-state index contributed by atoms with van der Waals surface area (Å²) in [5.74, 6) is 1.58. The molecule has 6 rings (SSSR count). The Hall–Kier alpha value is -3.13. The molecule has 184 valence electrons. The van der Waals surface area contributed by atoms with Crippen molar-refractivity contribution in [3.63, 3.8) is 0 Å². The standard InChI is InChI=1S/C27H33N5O3/c1-16-20(4-3-5-21(16)35-2)26(34)31-19-12-23-27(13-19)10-8-22(27)32(23)24-7-6-17(14-29-24)25(33)30-18-9-11-28-15-18/h3-7,14,18-19,22-23,28H,8-13,15H2,1-2H3,(H,30,33)(H,31,34). The van der Waals surface area contributed by atoms with E-state index in [1.54, 1.807) is 13.3 Å². The summed E-state index contributed by atoms with van der Waals surface area (Å²) in [5, 5.41) is 9.65. The van der Waals surface area contributed by atoms with Crippen LogP contribution in [0, 0.1) is 12.3 Å². The number of methoxy groups -OCH3 is 1. The first-order chi connectivity index (χ1) is 17.0. The molecule has 3 N–H and O–H groups in total. The highest BCUT2D eigenvalue weighted by Crippen LogP contribution is 2.65. The Kier molecular flexibility index (Phi) is 5.44. The van der Waals surface area contributed by atoms with Crippen molar-refractivity contribution >= 4 is 17.6 Å². The number of nitrogens with one attached hydrogen (secondary N) is 3. The Morgan fingerprint density at radius 3 is 2.66 bits per heavy atom. The molecular weight excluding hydrogens is 442 g/mol. The Balaban J connectivity index is 1.12. The lowest BCUT2D eigenvalue weighted by atomic mass is 9.53. The number of carbonyl (C=O) groups is 2. The maximum absolute atomic E-state index is 13.1. The summed E-state index contributed by atoms with van der Waals surface area (Å²) in [7, 11) is 1.63. The van der Waals surface area contributed by atoms with Crippen molar-refractivity contribution in [1.82, 2.24) is 20.9 Å². The zero-order valence-electron chi connectivity index (χ0n) is 20.3. The summed E-state index contributed by atoms with van der Waals surface area (Å²) >= 11 is 0. The number of pyridine rings is 1. The number of anilines is 1. The van der Waals surface area contributed by atoms with Crippen LogP contribution in [0.4, 0.5) is 5.82 Å². The van der Waals surface area contributed by atoms with E-state index in [1.807, 2.05) is 37.3 Å². The van der Waals surface area contributed by atoms with Crippen LogP contribution in [0.5, 0.6) is 5.75 Å². The van der Waals surface area contributed by atoms with Gasteiger partial charge in [0, 0.05) is 53.5 Å². The number of aromatic nitrogens is 1. The van der Waals surface area contributed by atoms with Gasteiger partial charge in [-0.25, -0.2) is 4.98 Å². The number of nitrogens with zero attached hydrogens (tertiary/aromatic N) is 2.